The van der Waals surface area contributed by atoms with E-state index < -0.39 is 5.97 Å². The molecule has 1 heterocycles. The topological polar surface area (TPSA) is 49.8 Å². The molecule has 1 N–H and O–H groups in total. The number of halogens is 2. The molecule has 1 aliphatic rings. The van der Waals surface area contributed by atoms with Gasteiger partial charge >= 0.3 is 5.97 Å². The molecule has 6 heteroatoms. The molecule has 1 fully saturated rings. The number of likely N-dealkylation sites (tertiary alicyclic amines) is 1. The van der Waals surface area contributed by atoms with Gasteiger partial charge in [-0.2, -0.15) is 0 Å². The van der Waals surface area contributed by atoms with Gasteiger partial charge in [-0.15, -0.1) is 0 Å². The normalized spacial score (nSPS) is 18.1. The number of carboxylic acids is 1. The first-order valence-corrected chi connectivity index (χ1v) is 8.93. The molecule has 1 atom stereocenters. The Balaban J connectivity index is 1.62. The highest BCUT2D eigenvalue weighted by Gasteiger charge is 2.22. The Hall–Kier alpha value is -1.75. The predicted octanol–water partition coefficient (Wildman–Crippen LogP) is 4.74. The van der Waals surface area contributed by atoms with Gasteiger partial charge in [0.05, 0.1) is 15.6 Å². The van der Waals surface area contributed by atoms with Crippen molar-refractivity contribution in [3.63, 3.8) is 0 Å². The van der Waals surface area contributed by atoms with E-state index >= 15 is 0 Å². The third-order valence-corrected chi connectivity index (χ3v) is 4.98. The molecule has 1 unspecified atom stereocenters. The third-order valence-electron chi connectivity index (χ3n) is 4.24. The highest BCUT2D eigenvalue weighted by Crippen LogP contribution is 2.28. The van der Waals surface area contributed by atoms with Gasteiger partial charge in [-0.3, -0.25) is 4.90 Å². The maximum Gasteiger partial charge on any atom is 0.335 e. The van der Waals surface area contributed by atoms with E-state index in [1.165, 1.54) is 0 Å². The minimum absolute atomic E-state index is 0.0775. The highest BCUT2D eigenvalue weighted by molar-refractivity contribution is 6.42. The van der Waals surface area contributed by atoms with Crippen LogP contribution in [0.25, 0.3) is 0 Å². The molecule has 1 saturated heterocycles. The molecule has 0 aliphatic carbocycles. The number of carboxylic acid groups (broad SMARTS) is 1. The molecule has 25 heavy (non-hydrogen) atoms. The summed E-state index contributed by atoms with van der Waals surface area (Å²) in [5, 5.41) is 10.1. The lowest BCUT2D eigenvalue weighted by Gasteiger charge is -2.33. The van der Waals surface area contributed by atoms with E-state index in [2.05, 4.69) is 4.90 Å². The summed E-state index contributed by atoms with van der Waals surface area (Å²) in [6.07, 6.45) is 2.09. The second kappa shape index (κ2) is 8.09. The number of benzene rings is 2. The standard InChI is InChI=1S/C19H19Cl2NO3/c20-17-7-6-15(10-18(17)21)25-16-5-2-8-22(12-16)11-13-3-1-4-14(9-13)19(23)24/h1,3-4,6-7,9-10,16H,2,5,8,11-12H2,(H,23,24). The van der Waals surface area contributed by atoms with Crippen molar-refractivity contribution in [3.8, 4) is 5.75 Å². The molecular formula is C19H19Cl2NO3. The van der Waals surface area contributed by atoms with Crippen molar-refractivity contribution in [1.29, 1.82) is 0 Å². The van der Waals surface area contributed by atoms with Crippen LogP contribution in [0.5, 0.6) is 5.75 Å². The lowest BCUT2D eigenvalue weighted by atomic mass is 10.1. The SMILES string of the molecule is O=C(O)c1cccc(CN2CCCC(Oc3ccc(Cl)c(Cl)c3)C2)c1. The lowest BCUT2D eigenvalue weighted by molar-refractivity contribution is 0.0695. The zero-order valence-electron chi connectivity index (χ0n) is 13.6. The van der Waals surface area contributed by atoms with Crippen LogP contribution in [0.1, 0.15) is 28.8 Å². The van der Waals surface area contributed by atoms with Crippen molar-refractivity contribution >= 4 is 29.2 Å². The smallest absolute Gasteiger partial charge is 0.335 e. The van der Waals surface area contributed by atoms with Gasteiger partial charge in [-0.05, 0) is 49.2 Å². The summed E-state index contributed by atoms with van der Waals surface area (Å²) in [7, 11) is 0. The van der Waals surface area contributed by atoms with Crippen LogP contribution in [0.15, 0.2) is 42.5 Å². The van der Waals surface area contributed by atoms with Gasteiger partial charge < -0.3 is 9.84 Å². The van der Waals surface area contributed by atoms with E-state index in [4.69, 9.17) is 33.0 Å². The van der Waals surface area contributed by atoms with E-state index in [0.29, 0.717) is 27.9 Å². The van der Waals surface area contributed by atoms with E-state index in [0.717, 1.165) is 31.5 Å². The summed E-state index contributed by atoms with van der Waals surface area (Å²) in [5.74, 6) is -0.185. The van der Waals surface area contributed by atoms with E-state index in [-0.39, 0.29) is 6.10 Å². The Morgan fingerprint density at radius 1 is 1.20 bits per heavy atom. The van der Waals surface area contributed by atoms with Crippen LogP contribution in [-0.2, 0) is 6.54 Å². The Bertz CT molecular complexity index is 766. The average Bonchev–Trinajstić information content (AvgIpc) is 2.59. The molecule has 0 spiro atoms. The fourth-order valence-electron chi connectivity index (χ4n) is 3.06. The molecule has 2 aromatic carbocycles. The number of carbonyl (C=O) groups is 1. The predicted molar refractivity (Wildman–Crippen MR) is 98.8 cm³/mol. The van der Waals surface area contributed by atoms with Crippen LogP contribution < -0.4 is 4.74 Å². The molecule has 1 aliphatic heterocycles. The fourth-order valence-corrected chi connectivity index (χ4v) is 3.34. The van der Waals surface area contributed by atoms with Gasteiger partial charge in [-0.25, -0.2) is 4.79 Å². The lowest BCUT2D eigenvalue weighted by Crippen LogP contribution is -2.40. The molecule has 0 radical (unpaired) electrons. The van der Waals surface area contributed by atoms with Crippen LogP contribution >= 0.6 is 23.2 Å². The number of rotatable bonds is 5. The third kappa shape index (κ3) is 4.88. The largest absolute Gasteiger partial charge is 0.489 e. The van der Waals surface area contributed by atoms with Gasteiger partial charge in [0.15, 0.2) is 0 Å². The van der Waals surface area contributed by atoms with Crippen molar-refractivity contribution in [3.05, 3.63) is 63.6 Å². The van der Waals surface area contributed by atoms with E-state index in [1.807, 2.05) is 12.1 Å². The van der Waals surface area contributed by atoms with Gasteiger partial charge in [0.2, 0.25) is 0 Å². The molecular weight excluding hydrogens is 361 g/mol. The minimum atomic E-state index is -0.902. The minimum Gasteiger partial charge on any atom is -0.489 e. The molecule has 2 aromatic rings. The number of hydrogen-bond acceptors (Lipinski definition) is 3. The second-order valence-electron chi connectivity index (χ2n) is 6.20. The maximum absolute atomic E-state index is 11.1. The molecule has 0 bridgehead atoms. The van der Waals surface area contributed by atoms with Crippen LogP contribution in [0.4, 0.5) is 0 Å². The summed E-state index contributed by atoms with van der Waals surface area (Å²) < 4.78 is 6.04. The second-order valence-corrected chi connectivity index (χ2v) is 7.01. The number of piperidine rings is 1. The molecule has 3 rings (SSSR count). The quantitative estimate of drug-likeness (QED) is 0.815. The number of ether oxygens (including phenoxy) is 1. The van der Waals surface area contributed by atoms with Crippen molar-refractivity contribution < 1.29 is 14.6 Å². The molecule has 4 nitrogen and oxygen atoms in total. The van der Waals surface area contributed by atoms with Crippen molar-refractivity contribution in [1.82, 2.24) is 4.90 Å². The fraction of sp³-hybridized carbons (Fsp3) is 0.316. The first-order valence-electron chi connectivity index (χ1n) is 8.17. The number of hydrogen-bond donors (Lipinski definition) is 1. The number of aromatic carboxylic acids is 1. The van der Waals surface area contributed by atoms with Crippen LogP contribution in [0.2, 0.25) is 10.0 Å². The van der Waals surface area contributed by atoms with E-state index in [9.17, 15) is 4.79 Å². The Labute approximate surface area is 156 Å². The van der Waals surface area contributed by atoms with Crippen LogP contribution in [0.3, 0.4) is 0 Å². The van der Waals surface area contributed by atoms with Crippen molar-refractivity contribution in [2.24, 2.45) is 0 Å². The van der Waals surface area contributed by atoms with Crippen LogP contribution in [-0.4, -0.2) is 35.2 Å². The molecule has 0 saturated carbocycles. The zero-order chi connectivity index (χ0) is 17.8. The summed E-state index contributed by atoms with van der Waals surface area (Å²) in [6, 6.07) is 12.4. The van der Waals surface area contributed by atoms with Gasteiger partial charge in [-0.1, -0.05) is 35.3 Å². The maximum atomic E-state index is 11.1. The summed E-state index contributed by atoms with van der Waals surface area (Å²) in [4.78, 5) is 13.4. The zero-order valence-corrected chi connectivity index (χ0v) is 15.1. The molecule has 132 valence electrons. The van der Waals surface area contributed by atoms with Crippen LogP contribution in [0, 0.1) is 0 Å². The molecule has 0 amide bonds. The summed E-state index contributed by atoms with van der Waals surface area (Å²) in [6.45, 7) is 2.47. The molecule has 0 aromatic heterocycles. The number of nitrogens with zero attached hydrogens (tertiary/aromatic N) is 1. The van der Waals surface area contributed by atoms with Gasteiger partial charge in [0.1, 0.15) is 11.9 Å². The van der Waals surface area contributed by atoms with Crippen molar-refractivity contribution in [2.75, 3.05) is 13.1 Å². The summed E-state index contributed by atoms with van der Waals surface area (Å²) >= 11 is 12.0. The Kier molecular flexibility index (Phi) is 5.84. The summed E-state index contributed by atoms with van der Waals surface area (Å²) in [5.41, 5.74) is 1.31. The van der Waals surface area contributed by atoms with Crippen molar-refractivity contribution in [2.45, 2.75) is 25.5 Å². The van der Waals surface area contributed by atoms with Gasteiger partial charge in [0.25, 0.3) is 0 Å². The monoisotopic (exact) mass is 379 g/mol. The Morgan fingerprint density at radius 3 is 2.80 bits per heavy atom. The first kappa shape index (κ1) is 18.1. The first-order chi connectivity index (χ1) is 12.0. The highest BCUT2D eigenvalue weighted by atomic mass is 35.5. The van der Waals surface area contributed by atoms with E-state index in [1.54, 1.807) is 30.3 Å². The van der Waals surface area contributed by atoms with Gasteiger partial charge in [0, 0.05) is 19.2 Å². The average molecular weight is 380 g/mol. The Morgan fingerprint density at radius 2 is 2.04 bits per heavy atom.